The zero-order valence-electron chi connectivity index (χ0n) is 16.0. The van der Waals surface area contributed by atoms with Crippen LogP contribution in [0, 0.1) is 13.8 Å². The third kappa shape index (κ3) is 7.10. The lowest BCUT2D eigenvalue weighted by atomic mass is 10.2. The fourth-order valence-corrected chi connectivity index (χ4v) is 3.18. The summed E-state index contributed by atoms with van der Waals surface area (Å²) >= 11 is 0. The summed E-state index contributed by atoms with van der Waals surface area (Å²) in [4.78, 5) is 4.19. The molecule has 0 atom stereocenters. The van der Waals surface area contributed by atoms with Crippen LogP contribution in [0.2, 0.25) is 0 Å². The number of aromatic nitrogens is 2. The summed E-state index contributed by atoms with van der Waals surface area (Å²) in [6.07, 6.45) is 0.710. The van der Waals surface area contributed by atoms with Gasteiger partial charge in [-0.3, -0.25) is 9.67 Å². The average molecular weight is 486 g/mol. The summed E-state index contributed by atoms with van der Waals surface area (Å²) in [5.41, 5.74) is 3.29. The Morgan fingerprint density at radius 2 is 1.96 bits per heavy atom. The molecule has 0 unspecified atom stereocenters. The number of sulfonamides is 1. The van der Waals surface area contributed by atoms with Gasteiger partial charge in [0.15, 0.2) is 5.96 Å². The molecule has 2 N–H and O–H groups in total. The lowest BCUT2D eigenvalue weighted by Gasteiger charge is -2.17. The quantitative estimate of drug-likeness (QED) is 0.248. The molecule has 0 saturated heterocycles. The van der Waals surface area contributed by atoms with Crippen molar-refractivity contribution in [3.8, 4) is 0 Å². The molecule has 0 aliphatic heterocycles. The minimum atomic E-state index is -3.11. The van der Waals surface area contributed by atoms with E-state index < -0.39 is 10.0 Å². The fraction of sp³-hybridized carbons (Fsp3) is 0.733. The van der Waals surface area contributed by atoms with Crippen molar-refractivity contribution in [3.63, 3.8) is 0 Å². The van der Waals surface area contributed by atoms with Gasteiger partial charge >= 0.3 is 0 Å². The van der Waals surface area contributed by atoms with E-state index in [2.05, 4.69) is 20.7 Å². The van der Waals surface area contributed by atoms with Crippen molar-refractivity contribution in [1.29, 1.82) is 0 Å². The molecule has 10 heteroatoms. The Morgan fingerprint density at radius 3 is 2.44 bits per heavy atom. The van der Waals surface area contributed by atoms with Crippen LogP contribution in [-0.4, -0.2) is 61.4 Å². The van der Waals surface area contributed by atoms with E-state index in [0.29, 0.717) is 32.0 Å². The van der Waals surface area contributed by atoms with Crippen LogP contribution in [0.4, 0.5) is 0 Å². The minimum absolute atomic E-state index is 0. The molecule has 1 aromatic heterocycles. The first-order chi connectivity index (χ1) is 11.2. The third-order valence-corrected chi connectivity index (χ3v) is 5.96. The molecular weight excluding hydrogens is 455 g/mol. The van der Waals surface area contributed by atoms with E-state index in [9.17, 15) is 8.42 Å². The number of aryl methyl sites for hydroxylation is 2. The smallest absolute Gasteiger partial charge is 0.213 e. The molecule has 25 heavy (non-hydrogen) atoms. The summed E-state index contributed by atoms with van der Waals surface area (Å²) in [5.74, 6) is 0.822. The van der Waals surface area contributed by atoms with Crippen LogP contribution in [0.15, 0.2) is 4.99 Å². The molecule has 0 aromatic carbocycles. The first kappa shape index (κ1) is 24.1. The molecule has 1 rings (SSSR count). The lowest BCUT2D eigenvalue weighted by molar-refractivity contribution is 0.461. The number of nitrogens with zero attached hydrogens (tertiary/aromatic N) is 4. The van der Waals surface area contributed by atoms with Crippen LogP contribution in [0.5, 0.6) is 0 Å². The van der Waals surface area contributed by atoms with Gasteiger partial charge < -0.3 is 10.6 Å². The van der Waals surface area contributed by atoms with Crippen molar-refractivity contribution in [2.75, 3.05) is 32.9 Å². The van der Waals surface area contributed by atoms with Gasteiger partial charge in [0.05, 0.1) is 11.4 Å². The molecule has 1 heterocycles. The second kappa shape index (κ2) is 11.0. The van der Waals surface area contributed by atoms with Crippen LogP contribution in [0.3, 0.4) is 0 Å². The predicted molar refractivity (Wildman–Crippen MR) is 113 cm³/mol. The van der Waals surface area contributed by atoms with E-state index in [1.165, 1.54) is 4.31 Å². The summed E-state index contributed by atoms with van der Waals surface area (Å²) in [7, 11) is 2.15. The van der Waals surface area contributed by atoms with Crippen molar-refractivity contribution in [2.24, 2.45) is 12.0 Å². The van der Waals surface area contributed by atoms with E-state index in [-0.39, 0.29) is 29.7 Å². The van der Waals surface area contributed by atoms with Gasteiger partial charge in [0.25, 0.3) is 0 Å². The van der Waals surface area contributed by atoms with Crippen LogP contribution in [-0.2, 0) is 23.6 Å². The Morgan fingerprint density at radius 1 is 1.32 bits per heavy atom. The zero-order valence-corrected chi connectivity index (χ0v) is 19.1. The van der Waals surface area contributed by atoms with E-state index in [0.717, 1.165) is 17.0 Å². The van der Waals surface area contributed by atoms with Crippen molar-refractivity contribution in [1.82, 2.24) is 24.7 Å². The molecule has 8 nitrogen and oxygen atoms in total. The average Bonchev–Trinajstić information content (AvgIpc) is 2.79. The van der Waals surface area contributed by atoms with Crippen molar-refractivity contribution in [2.45, 2.75) is 33.7 Å². The number of halogens is 1. The summed E-state index contributed by atoms with van der Waals surface area (Å²) in [6.45, 7) is 7.46. The van der Waals surface area contributed by atoms with E-state index in [4.69, 9.17) is 0 Å². The standard InChI is InChI=1S/C15H30N6O2S.HI/c1-7-24(22,23)20(5)10-8-9-17-15(16-4)18-11-14-12(2)19-21(6)13(14)3;/h7-11H2,1-6H3,(H2,16,17,18);1H. The highest BCUT2D eigenvalue weighted by atomic mass is 127. The highest BCUT2D eigenvalue weighted by molar-refractivity contribution is 14.0. The number of rotatable bonds is 8. The van der Waals surface area contributed by atoms with E-state index in [1.54, 1.807) is 21.0 Å². The van der Waals surface area contributed by atoms with E-state index >= 15 is 0 Å². The molecule has 0 radical (unpaired) electrons. The Hall–Kier alpha value is -0.880. The molecule has 0 spiro atoms. The maximum absolute atomic E-state index is 11.7. The second-order valence-corrected chi connectivity index (χ2v) is 8.07. The van der Waals surface area contributed by atoms with Crippen molar-refractivity contribution >= 4 is 40.0 Å². The highest BCUT2D eigenvalue weighted by Crippen LogP contribution is 2.10. The van der Waals surface area contributed by atoms with Crippen LogP contribution in [0.25, 0.3) is 0 Å². The van der Waals surface area contributed by atoms with Gasteiger partial charge in [0.1, 0.15) is 0 Å². The van der Waals surface area contributed by atoms with Gasteiger partial charge in [-0.05, 0) is 27.2 Å². The Bertz CT molecular complexity index is 672. The number of guanidine groups is 1. The van der Waals surface area contributed by atoms with Gasteiger partial charge in [-0.2, -0.15) is 5.10 Å². The monoisotopic (exact) mass is 486 g/mol. The first-order valence-corrected chi connectivity index (χ1v) is 9.71. The number of hydrogen-bond acceptors (Lipinski definition) is 4. The van der Waals surface area contributed by atoms with Crippen molar-refractivity contribution < 1.29 is 8.42 Å². The second-order valence-electron chi connectivity index (χ2n) is 5.70. The number of aliphatic imine (C=N–C) groups is 1. The molecule has 1 aromatic rings. The summed E-state index contributed by atoms with van der Waals surface area (Å²) < 4.78 is 26.6. The zero-order chi connectivity index (χ0) is 18.3. The maximum Gasteiger partial charge on any atom is 0.213 e. The van der Waals surface area contributed by atoms with Crippen LogP contribution >= 0.6 is 24.0 Å². The molecule has 0 amide bonds. The Kier molecular flexibility index (Phi) is 10.6. The van der Waals surface area contributed by atoms with Gasteiger partial charge in [-0.15, -0.1) is 24.0 Å². The molecule has 0 saturated carbocycles. The topological polar surface area (TPSA) is 91.6 Å². The fourth-order valence-electron chi connectivity index (χ4n) is 2.33. The third-order valence-electron chi connectivity index (χ3n) is 4.10. The van der Waals surface area contributed by atoms with Gasteiger partial charge in [-0.25, -0.2) is 12.7 Å². The molecule has 0 aliphatic carbocycles. The SMILES string of the molecule is CCS(=O)(=O)N(C)CCCNC(=NC)NCc1c(C)nn(C)c1C.I. The van der Waals surface area contributed by atoms with Gasteiger partial charge in [0.2, 0.25) is 10.0 Å². The highest BCUT2D eigenvalue weighted by Gasteiger charge is 2.14. The van der Waals surface area contributed by atoms with Crippen LogP contribution in [0.1, 0.15) is 30.3 Å². The Labute approximate surface area is 168 Å². The summed E-state index contributed by atoms with van der Waals surface area (Å²) in [6, 6.07) is 0. The molecule has 0 fully saturated rings. The number of nitrogens with one attached hydrogen (secondary N) is 2. The van der Waals surface area contributed by atoms with E-state index in [1.807, 2.05) is 25.6 Å². The van der Waals surface area contributed by atoms with Crippen molar-refractivity contribution in [3.05, 3.63) is 17.0 Å². The van der Waals surface area contributed by atoms with Gasteiger partial charge in [0, 0.05) is 52.0 Å². The van der Waals surface area contributed by atoms with Gasteiger partial charge in [-0.1, -0.05) is 0 Å². The van der Waals surface area contributed by atoms with Crippen LogP contribution < -0.4 is 10.6 Å². The number of hydrogen-bond donors (Lipinski definition) is 2. The minimum Gasteiger partial charge on any atom is -0.356 e. The lowest BCUT2D eigenvalue weighted by Crippen LogP contribution is -2.39. The summed E-state index contributed by atoms with van der Waals surface area (Å²) in [5, 5.41) is 10.9. The maximum atomic E-state index is 11.7. The molecule has 0 aliphatic rings. The first-order valence-electron chi connectivity index (χ1n) is 8.10. The Balaban J connectivity index is 0.00000576. The molecular formula is C15H31IN6O2S. The molecule has 0 bridgehead atoms. The molecule has 146 valence electrons. The largest absolute Gasteiger partial charge is 0.356 e. The predicted octanol–water partition coefficient (Wildman–Crippen LogP) is 0.992. The normalized spacial score (nSPS) is 12.2.